The highest BCUT2D eigenvalue weighted by Gasteiger charge is 2.08. The van der Waals surface area contributed by atoms with Crippen molar-refractivity contribution in [2.45, 2.75) is 20.3 Å². The molecule has 0 aliphatic rings. The van der Waals surface area contributed by atoms with Crippen LogP contribution < -0.4 is 4.80 Å². The second-order valence-corrected chi connectivity index (χ2v) is 7.97. The molecule has 2 aromatic carbocycles. The number of benzene rings is 2. The van der Waals surface area contributed by atoms with Crippen LogP contribution in [0.1, 0.15) is 22.4 Å². The van der Waals surface area contributed by atoms with E-state index in [1.165, 1.54) is 16.7 Å². The summed E-state index contributed by atoms with van der Waals surface area (Å²) < 4.78 is 1.93. The maximum Gasteiger partial charge on any atom is 0.206 e. The van der Waals surface area contributed by atoms with E-state index in [-0.39, 0.29) is 0 Å². The van der Waals surface area contributed by atoms with E-state index in [9.17, 15) is 0 Å². The van der Waals surface area contributed by atoms with Crippen LogP contribution in [0.4, 0.5) is 0 Å². The minimum absolute atomic E-state index is 0.718. The number of rotatable bonds is 6. The van der Waals surface area contributed by atoms with E-state index in [4.69, 9.17) is 10.1 Å². The van der Waals surface area contributed by atoms with Gasteiger partial charge < -0.3 is 0 Å². The van der Waals surface area contributed by atoms with Crippen molar-refractivity contribution in [1.29, 1.82) is 0 Å². The lowest BCUT2D eigenvalue weighted by atomic mass is 10.1. The smallest absolute Gasteiger partial charge is 0.206 e. The predicted octanol–water partition coefficient (Wildman–Crippen LogP) is 5.25. The van der Waals surface area contributed by atoms with Gasteiger partial charge in [0.2, 0.25) is 4.80 Å². The summed E-state index contributed by atoms with van der Waals surface area (Å²) in [5, 5.41) is 6.86. The first kappa shape index (κ1) is 20.0. The van der Waals surface area contributed by atoms with Crippen LogP contribution in [0.15, 0.2) is 88.4 Å². The lowest BCUT2D eigenvalue weighted by Gasteiger charge is -2.06. The Morgan fingerprint density at radius 2 is 1.80 bits per heavy atom. The number of pyridine rings is 1. The fraction of sp³-hybridized carbons (Fsp3) is 0.160. The van der Waals surface area contributed by atoms with Crippen LogP contribution in [-0.2, 0) is 6.42 Å². The summed E-state index contributed by atoms with van der Waals surface area (Å²) in [6, 6.07) is 22.8. The number of hydrogen-bond donors (Lipinski definition) is 0. The Kier molecular flexibility index (Phi) is 6.30. The minimum atomic E-state index is 0.718. The van der Waals surface area contributed by atoms with Crippen LogP contribution >= 0.6 is 11.3 Å². The molecule has 150 valence electrons. The van der Waals surface area contributed by atoms with E-state index >= 15 is 0 Å². The predicted molar refractivity (Wildman–Crippen MR) is 125 cm³/mol. The summed E-state index contributed by atoms with van der Waals surface area (Å²) in [6.45, 7) is 4.98. The molecule has 0 spiro atoms. The molecule has 2 heterocycles. The molecule has 0 bridgehead atoms. The second kappa shape index (κ2) is 9.46. The van der Waals surface area contributed by atoms with Crippen LogP contribution in [0.5, 0.6) is 0 Å². The van der Waals surface area contributed by atoms with Crippen molar-refractivity contribution < 1.29 is 0 Å². The molecule has 2 aromatic heterocycles. The topological polar surface area (TPSA) is 42.5 Å². The van der Waals surface area contributed by atoms with Gasteiger partial charge in [-0.3, -0.25) is 9.98 Å². The van der Waals surface area contributed by atoms with E-state index in [2.05, 4.69) is 66.7 Å². The first-order valence-corrected chi connectivity index (χ1v) is 10.9. The number of thiazole rings is 1. The zero-order valence-corrected chi connectivity index (χ0v) is 18.0. The Morgan fingerprint density at radius 3 is 2.57 bits per heavy atom. The monoisotopic (exact) mass is 412 g/mol. The minimum Gasteiger partial charge on any atom is -0.257 e. The van der Waals surface area contributed by atoms with E-state index in [0.717, 1.165) is 34.7 Å². The maximum atomic E-state index is 4.85. The van der Waals surface area contributed by atoms with Crippen molar-refractivity contribution in [2.75, 3.05) is 6.54 Å². The third kappa shape index (κ3) is 4.81. The maximum absolute atomic E-state index is 4.85. The van der Waals surface area contributed by atoms with Gasteiger partial charge in [-0.2, -0.15) is 5.10 Å². The molecular weight excluding hydrogens is 388 g/mol. The van der Waals surface area contributed by atoms with Gasteiger partial charge >= 0.3 is 0 Å². The Hall–Kier alpha value is -3.31. The van der Waals surface area contributed by atoms with Crippen molar-refractivity contribution in [1.82, 2.24) is 9.66 Å². The molecule has 0 radical (unpaired) electrons. The van der Waals surface area contributed by atoms with Crippen LogP contribution in [0.2, 0.25) is 0 Å². The number of aromatic nitrogens is 2. The van der Waals surface area contributed by atoms with Crippen molar-refractivity contribution in [3.05, 3.63) is 105 Å². The molecule has 4 rings (SSSR count). The quantitative estimate of drug-likeness (QED) is 0.399. The fourth-order valence-electron chi connectivity index (χ4n) is 3.11. The third-order valence-corrected chi connectivity index (χ3v) is 5.83. The molecule has 4 aromatic rings. The Bertz CT molecular complexity index is 1200. The summed E-state index contributed by atoms with van der Waals surface area (Å²) in [5.74, 6) is 0. The normalized spacial score (nSPS) is 12.0. The third-order valence-electron chi connectivity index (χ3n) is 4.97. The van der Waals surface area contributed by atoms with Gasteiger partial charge in [0.15, 0.2) is 0 Å². The average molecular weight is 413 g/mol. The fourth-order valence-corrected chi connectivity index (χ4v) is 3.98. The molecule has 5 heteroatoms. The molecule has 0 N–H and O–H groups in total. The molecule has 0 aliphatic heterocycles. The van der Waals surface area contributed by atoms with Gasteiger partial charge in [-0.25, -0.2) is 4.68 Å². The Labute approximate surface area is 180 Å². The van der Waals surface area contributed by atoms with Gasteiger partial charge in [-0.05, 0) is 55.2 Å². The van der Waals surface area contributed by atoms with E-state index in [1.807, 2.05) is 28.9 Å². The molecular formula is C25H24N4S. The second-order valence-electron chi connectivity index (χ2n) is 7.13. The van der Waals surface area contributed by atoms with Gasteiger partial charge in [-0.1, -0.05) is 48.5 Å². The molecule has 0 amide bonds. The SMILES string of the molecule is Cc1ccc(-c2csc(=NCCc3ccccc3)n2N=Cc2ccccn2)cc1C. The highest BCUT2D eigenvalue weighted by molar-refractivity contribution is 7.07. The van der Waals surface area contributed by atoms with Gasteiger partial charge in [-0.15, -0.1) is 11.3 Å². The average Bonchev–Trinajstić information content (AvgIpc) is 3.18. The zero-order valence-electron chi connectivity index (χ0n) is 17.2. The Morgan fingerprint density at radius 1 is 0.967 bits per heavy atom. The summed E-state index contributed by atoms with van der Waals surface area (Å²) in [6.07, 6.45) is 4.46. The lowest BCUT2D eigenvalue weighted by molar-refractivity contribution is 0.816. The Balaban J connectivity index is 1.70. The molecule has 4 nitrogen and oxygen atoms in total. The van der Waals surface area contributed by atoms with E-state index < -0.39 is 0 Å². The highest BCUT2D eigenvalue weighted by atomic mass is 32.1. The summed E-state index contributed by atoms with van der Waals surface area (Å²) in [7, 11) is 0. The molecule has 0 unspecified atom stereocenters. The van der Waals surface area contributed by atoms with Crippen LogP contribution in [0.25, 0.3) is 11.3 Å². The zero-order chi connectivity index (χ0) is 20.8. The van der Waals surface area contributed by atoms with Crippen molar-refractivity contribution in [2.24, 2.45) is 10.1 Å². The van der Waals surface area contributed by atoms with Crippen molar-refractivity contribution in [3.63, 3.8) is 0 Å². The summed E-state index contributed by atoms with van der Waals surface area (Å²) >= 11 is 1.61. The largest absolute Gasteiger partial charge is 0.257 e. The van der Waals surface area contributed by atoms with Gasteiger partial charge in [0.05, 0.1) is 17.6 Å². The summed E-state index contributed by atoms with van der Waals surface area (Å²) in [4.78, 5) is 10.1. The standard InChI is InChI=1S/C25H24N4S/c1-19-11-12-22(16-20(19)2)24-18-30-25(27-15-13-21-8-4-3-5-9-21)29(24)28-17-23-10-6-7-14-26-23/h3-12,14,16-18H,13,15H2,1-2H3. The number of hydrogen-bond acceptors (Lipinski definition) is 4. The molecule has 30 heavy (non-hydrogen) atoms. The van der Waals surface area contributed by atoms with Gasteiger partial charge in [0, 0.05) is 23.7 Å². The van der Waals surface area contributed by atoms with Gasteiger partial charge in [0.1, 0.15) is 0 Å². The van der Waals surface area contributed by atoms with E-state index in [0.29, 0.717) is 0 Å². The number of aryl methyl sites for hydroxylation is 2. The molecule has 0 atom stereocenters. The number of nitrogens with zero attached hydrogens (tertiary/aromatic N) is 4. The molecule has 0 fully saturated rings. The molecule has 0 saturated carbocycles. The van der Waals surface area contributed by atoms with Crippen LogP contribution in [-0.4, -0.2) is 22.4 Å². The summed E-state index contributed by atoms with van der Waals surface area (Å²) in [5.41, 5.74) is 6.82. The van der Waals surface area contributed by atoms with Gasteiger partial charge in [0.25, 0.3) is 0 Å². The first-order chi connectivity index (χ1) is 14.7. The van der Waals surface area contributed by atoms with Crippen molar-refractivity contribution >= 4 is 17.6 Å². The highest BCUT2D eigenvalue weighted by Crippen LogP contribution is 2.23. The van der Waals surface area contributed by atoms with Crippen molar-refractivity contribution in [3.8, 4) is 11.3 Å². The first-order valence-electron chi connectivity index (χ1n) is 9.99. The molecule has 0 saturated heterocycles. The van der Waals surface area contributed by atoms with Crippen LogP contribution in [0, 0.1) is 13.8 Å². The molecule has 0 aliphatic carbocycles. The lowest BCUT2D eigenvalue weighted by Crippen LogP contribution is -2.13. The van der Waals surface area contributed by atoms with Crippen LogP contribution in [0.3, 0.4) is 0 Å². The van der Waals surface area contributed by atoms with E-state index in [1.54, 1.807) is 23.7 Å².